The zero-order valence-electron chi connectivity index (χ0n) is 20.2. The lowest BCUT2D eigenvalue weighted by Crippen LogP contribution is -2.22. The normalized spacial score (nSPS) is 11.1. The van der Waals surface area contributed by atoms with Crippen LogP contribution in [0.1, 0.15) is 43.6 Å². The van der Waals surface area contributed by atoms with E-state index in [1.807, 2.05) is 13.8 Å². The second kappa shape index (κ2) is 10.9. The van der Waals surface area contributed by atoms with Crippen LogP contribution >= 0.6 is 11.6 Å². The van der Waals surface area contributed by atoms with Gasteiger partial charge in [0.05, 0.1) is 39.6 Å². The van der Waals surface area contributed by atoms with Gasteiger partial charge in [0, 0.05) is 25.2 Å². The first-order chi connectivity index (χ1) is 17.0. The fourth-order valence-corrected chi connectivity index (χ4v) is 3.92. The minimum Gasteiger partial charge on any atom is -0.462 e. The van der Waals surface area contributed by atoms with Crippen LogP contribution in [0.25, 0.3) is 16.6 Å². The molecular weight excluding hydrogens is 496 g/mol. The zero-order valence-corrected chi connectivity index (χ0v) is 21.0. The Morgan fingerprint density at radius 2 is 1.86 bits per heavy atom. The lowest BCUT2D eigenvalue weighted by Gasteiger charge is -2.20. The number of carbonyl (C=O) groups is 2. The van der Waals surface area contributed by atoms with Crippen LogP contribution in [0.2, 0.25) is 5.02 Å². The summed E-state index contributed by atoms with van der Waals surface area (Å²) in [6, 6.07) is 3.29. The van der Waals surface area contributed by atoms with Crippen LogP contribution in [0.5, 0.6) is 0 Å². The molecule has 0 bridgehead atoms. The van der Waals surface area contributed by atoms with Crippen molar-refractivity contribution in [3.63, 3.8) is 0 Å². The lowest BCUT2D eigenvalue weighted by atomic mass is 10.1. The number of anilines is 2. The van der Waals surface area contributed by atoms with Gasteiger partial charge in [0.1, 0.15) is 23.8 Å². The van der Waals surface area contributed by atoms with Crippen LogP contribution in [0.3, 0.4) is 0 Å². The standard InChI is InChI=1S/C25H26ClF2N3O5/c1-5-35-25(34)16-10-31(20-8-19(29)17(27)6-14(20)11-36-13(4)32)23-15(24(16)33)7-18(28)22(21(23)26)30-9-12(2)3/h6-8,10,12,30H,5,9,11,29H2,1-4H3. The Kier molecular flexibility index (Phi) is 8.19. The number of aromatic nitrogens is 1. The van der Waals surface area contributed by atoms with E-state index in [1.54, 1.807) is 6.92 Å². The molecule has 3 aromatic rings. The Morgan fingerprint density at radius 3 is 2.47 bits per heavy atom. The number of fused-ring (bicyclic) bond motifs is 1. The number of carbonyl (C=O) groups excluding carboxylic acids is 2. The summed E-state index contributed by atoms with van der Waals surface area (Å²) < 4.78 is 40.8. The molecule has 0 aliphatic heterocycles. The third-order valence-electron chi connectivity index (χ3n) is 5.25. The van der Waals surface area contributed by atoms with Crippen LogP contribution in [-0.2, 0) is 20.9 Å². The number of nitrogens with two attached hydrogens (primary N) is 1. The highest BCUT2D eigenvalue weighted by atomic mass is 35.5. The van der Waals surface area contributed by atoms with E-state index in [0.717, 1.165) is 12.1 Å². The van der Waals surface area contributed by atoms with Crippen LogP contribution in [0, 0.1) is 17.6 Å². The smallest absolute Gasteiger partial charge is 0.343 e. The second-order valence-corrected chi connectivity index (χ2v) is 8.84. The van der Waals surface area contributed by atoms with Crippen molar-refractivity contribution >= 4 is 45.8 Å². The average molecular weight is 522 g/mol. The number of pyridine rings is 1. The van der Waals surface area contributed by atoms with Gasteiger partial charge in [0.15, 0.2) is 0 Å². The maximum atomic E-state index is 15.1. The summed E-state index contributed by atoms with van der Waals surface area (Å²) in [4.78, 5) is 37.2. The van der Waals surface area contributed by atoms with Crippen LogP contribution in [0.4, 0.5) is 20.2 Å². The van der Waals surface area contributed by atoms with Crippen molar-refractivity contribution in [3.8, 4) is 5.69 Å². The van der Waals surface area contributed by atoms with Gasteiger partial charge in [-0.05, 0) is 31.0 Å². The Hall–Kier alpha value is -3.66. The van der Waals surface area contributed by atoms with Crippen molar-refractivity contribution in [1.29, 1.82) is 0 Å². The van der Waals surface area contributed by atoms with Crippen molar-refractivity contribution in [2.24, 2.45) is 5.92 Å². The quantitative estimate of drug-likeness (QED) is 0.323. The van der Waals surface area contributed by atoms with Crippen molar-refractivity contribution in [1.82, 2.24) is 4.57 Å². The monoisotopic (exact) mass is 521 g/mol. The summed E-state index contributed by atoms with van der Waals surface area (Å²) in [6.45, 7) is 6.63. The van der Waals surface area contributed by atoms with Crippen LogP contribution in [-0.4, -0.2) is 29.7 Å². The zero-order chi connectivity index (χ0) is 26.7. The molecule has 11 heteroatoms. The summed E-state index contributed by atoms with van der Waals surface area (Å²) in [7, 11) is 0. The fraction of sp³-hybridized carbons (Fsp3) is 0.320. The molecule has 0 saturated carbocycles. The number of esters is 2. The van der Waals surface area contributed by atoms with Gasteiger partial charge in [0.25, 0.3) is 0 Å². The molecule has 192 valence electrons. The summed E-state index contributed by atoms with van der Waals surface area (Å²) in [6.07, 6.45) is 1.17. The average Bonchev–Trinajstić information content (AvgIpc) is 2.80. The number of hydrogen-bond donors (Lipinski definition) is 2. The van der Waals surface area contributed by atoms with Crippen molar-refractivity contribution < 1.29 is 27.8 Å². The molecule has 0 aliphatic carbocycles. The molecule has 2 aromatic carbocycles. The molecular formula is C25H26ClF2N3O5. The molecule has 0 unspecified atom stereocenters. The van der Waals surface area contributed by atoms with Gasteiger partial charge < -0.3 is 25.1 Å². The van der Waals surface area contributed by atoms with Gasteiger partial charge in [-0.25, -0.2) is 13.6 Å². The number of benzene rings is 2. The molecule has 0 radical (unpaired) electrons. The van der Waals surface area contributed by atoms with E-state index in [1.165, 1.54) is 23.8 Å². The predicted octanol–water partition coefficient (Wildman–Crippen LogP) is 4.81. The first-order valence-corrected chi connectivity index (χ1v) is 11.5. The number of hydrogen-bond acceptors (Lipinski definition) is 7. The van der Waals surface area contributed by atoms with E-state index in [0.29, 0.717) is 6.54 Å². The molecule has 0 spiro atoms. The van der Waals surface area contributed by atoms with Gasteiger partial charge in [0.2, 0.25) is 5.43 Å². The minimum absolute atomic E-state index is 0.00924. The number of rotatable bonds is 8. The molecule has 3 rings (SSSR count). The fourth-order valence-electron chi connectivity index (χ4n) is 3.57. The maximum absolute atomic E-state index is 15.1. The number of nitrogens with one attached hydrogen (secondary N) is 1. The SMILES string of the molecule is CCOC(=O)c1cn(-c2cc(N)c(F)cc2COC(C)=O)c2c(Cl)c(NCC(C)C)c(F)cc2c1=O. The summed E-state index contributed by atoms with van der Waals surface area (Å²) in [5.41, 5.74) is 4.68. The molecule has 0 fully saturated rings. The van der Waals surface area contributed by atoms with Gasteiger partial charge in [-0.15, -0.1) is 0 Å². The molecule has 0 atom stereocenters. The molecule has 0 aliphatic rings. The Morgan fingerprint density at radius 1 is 1.17 bits per heavy atom. The molecule has 1 heterocycles. The third-order valence-corrected chi connectivity index (χ3v) is 5.62. The number of ether oxygens (including phenoxy) is 2. The van der Waals surface area contributed by atoms with Crippen LogP contribution < -0.4 is 16.5 Å². The van der Waals surface area contributed by atoms with E-state index in [9.17, 15) is 18.8 Å². The molecule has 3 N–H and O–H groups in total. The third kappa shape index (κ3) is 5.43. The van der Waals surface area contributed by atoms with E-state index in [4.69, 9.17) is 26.8 Å². The first-order valence-electron chi connectivity index (χ1n) is 11.2. The van der Waals surface area contributed by atoms with Gasteiger partial charge in [-0.2, -0.15) is 0 Å². The predicted molar refractivity (Wildman–Crippen MR) is 134 cm³/mol. The molecule has 0 saturated heterocycles. The van der Waals surface area contributed by atoms with E-state index >= 15 is 4.39 Å². The summed E-state index contributed by atoms with van der Waals surface area (Å²) in [5.74, 6) is -2.97. The van der Waals surface area contributed by atoms with Gasteiger partial charge in [-0.3, -0.25) is 9.59 Å². The number of nitrogen functional groups attached to an aromatic ring is 1. The van der Waals surface area contributed by atoms with E-state index in [2.05, 4.69) is 5.32 Å². The highest BCUT2D eigenvalue weighted by Crippen LogP contribution is 2.36. The largest absolute Gasteiger partial charge is 0.462 e. The Labute approximate surface area is 210 Å². The maximum Gasteiger partial charge on any atom is 0.343 e. The number of halogens is 3. The molecule has 8 nitrogen and oxygen atoms in total. The summed E-state index contributed by atoms with van der Waals surface area (Å²) >= 11 is 6.63. The van der Waals surface area contributed by atoms with Gasteiger partial charge >= 0.3 is 11.9 Å². The topological polar surface area (TPSA) is 113 Å². The molecule has 36 heavy (non-hydrogen) atoms. The highest BCUT2D eigenvalue weighted by Gasteiger charge is 2.24. The highest BCUT2D eigenvalue weighted by molar-refractivity contribution is 6.38. The van der Waals surface area contributed by atoms with Crippen molar-refractivity contribution in [2.75, 3.05) is 24.2 Å². The second-order valence-electron chi connectivity index (χ2n) is 8.46. The minimum atomic E-state index is -0.937. The van der Waals surface area contributed by atoms with Crippen molar-refractivity contribution in [2.45, 2.75) is 34.3 Å². The Balaban J connectivity index is 2.45. The van der Waals surface area contributed by atoms with Gasteiger partial charge in [-0.1, -0.05) is 25.4 Å². The number of nitrogens with zero attached hydrogens (tertiary/aromatic N) is 1. The van der Waals surface area contributed by atoms with Crippen LogP contribution in [0.15, 0.2) is 29.2 Å². The van der Waals surface area contributed by atoms with E-state index < -0.39 is 34.6 Å². The molecule has 1 aromatic heterocycles. The Bertz CT molecular complexity index is 1410. The van der Waals surface area contributed by atoms with Crippen molar-refractivity contribution in [3.05, 3.63) is 62.4 Å². The lowest BCUT2D eigenvalue weighted by molar-refractivity contribution is -0.142. The first kappa shape index (κ1) is 26.9. The molecule has 0 amide bonds. The van der Waals surface area contributed by atoms with E-state index in [-0.39, 0.29) is 57.7 Å². The summed E-state index contributed by atoms with van der Waals surface area (Å²) in [5, 5.41) is 2.59.